The van der Waals surface area contributed by atoms with Gasteiger partial charge in [-0.2, -0.15) is 5.10 Å². The van der Waals surface area contributed by atoms with Gasteiger partial charge in [-0.05, 0) is 31.7 Å². The number of hydrogen-bond donors (Lipinski definition) is 2. The number of non-ortho nitro benzene ring substituents is 1. The molecule has 0 atom stereocenters. The van der Waals surface area contributed by atoms with Crippen LogP contribution in [0.15, 0.2) is 23.3 Å². The summed E-state index contributed by atoms with van der Waals surface area (Å²) >= 11 is 0. The first-order valence-corrected chi connectivity index (χ1v) is 8.08. The van der Waals surface area contributed by atoms with Gasteiger partial charge in [-0.15, -0.1) is 0 Å². The zero-order valence-electron chi connectivity index (χ0n) is 13.5. The number of carbonyl (C=O) groups is 1. The second kappa shape index (κ2) is 8.97. The number of aliphatic hydroxyl groups is 1. The maximum atomic E-state index is 11.5. The van der Waals surface area contributed by atoms with Crippen LogP contribution in [0.4, 0.5) is 11.4 Å². The summed E-state index contributed by atoms with van der Waals surface area (Å²) in [4.78, 5) is 24.2. The quantitative estimate of drug-likeness (QED) is 0.449. The van der Waals surface area contributed by atoms with Crippen LogP contribution >= 0.6 is 0 Å². The largest absolute Gasteiger partial charge is 0.396 e. The number of aliphatic hydroxyl groups excluding tert-OH is 1. The molecule has 8 nitrogen and oxygen atoms in total. The number of nitro benzene ring substituents is 1. The van der Waals surface area contributed by atoms with E-state index in [-0.39, 0.29) is 24.6 Å². The number of piperidine rings is 1. The van der Waals surface area contributed by atoms with E-state index in [0.717, 1.165) is 31.6 Å². The molecule has 24 heavy (non-hydrogen) atoms. The van der Waals surface area contributed by atoms with Crippen molar-refractivity contribution in [3.05, 3.63) is 33.9 Å². The number of benzene rings is 1. The third-order valence-corrected chi connectivity index (χ3v) is 3.87. The summed E-state index contributed by atoms with van der Waals surface area (Å²) in [6, 6.07) is 4.69. The number of carbonyl (C=O) groups excluding carboxylic acids is 1. The van der Waals surface area contributed by atoms with Gasteiger partial charge in [0.1, 0.15) is 0 Å². The van der Waals surface area contributed by atoms with E-state index < -0.39 is 4.92 Å². The fourth-order valence-electron chi connectivity index (χ4n) is 2.65. The van der Waals surface area contributed by atoms with Crippen LogP contribution < -0.4 is 10.3 Å². The van der Waals surface area contributed by atoms with Gasteiger partial charge in [-0.3, -0.25) is 14.9 Å². The van der Waals surface area contributed by atoms with Crippen molar-refractivity contribution in [3.8, 4) is 0 Å². The zero-order valence-corrected chi connectivity index (χ0v) is 13.5. The molecule has 0 radical (unpaired) electrons. The lowest BCUT2D eigenvalue weighted by molar-refractivity contribution is -0.384. The molecule has 0 bridgehead atoms. The number of hydrazone groups is 1. The Bertz CT molecular complexity index is 612. The molecule has 130 valence electrons. The number of nitrogens with zero attached hydrogens (tertiary/aromatic N) is 3. The molecule has 1 amide bonds. The van der Waals surface area contributed by atoms with Gasteiger partial charge in [0.15, 0.2) is 0 Å². The summed E-state index contributed by atoms with van der Waals surface area (Å²) in [7, 11) is 0. The van der Waals surface area contributed by atoms with Gasteiger partial charge < -0.3 is 10.0 Å². The van der Waals surface area contributed by atoms with Crippen LogP contribution in [0.1, 0.15) is 37.7 Å². The van der Waals surface area contributed by atoms with E-state index in [1.54, 1.807) is 6.07 Å². The standard InChI is InChI=1S/C16H22N4O4/c21-10-4-5-16(22)18-17-12-13-11-14(20(23)24)6-7-15(13)19-8-2-1-3-9-19/h6-7,11-12,21H,1-5,8-10H2,(H,18,22)/b17-12-. The molecule has 0 saturated carbocycles. The van der Waals surface area contributed by atoms with Gasteiger partial charge >= 0.3 is 0 Å². The Kier molecular flexibility index (Phi) is 6.68. The number of nitrogens with one attached hydrogen (secondary N) is 1. The number of amides is 1. The van der Waals surface area contributed by atoms with Gasteiger partial charge in [-0.1, -0.05) is 0 Å². The predicted octanol–water partition coefficient (Wildman–Crippen LogP) is 1.81. The first-order chi connectivity index (χ1) is 11.6. The first kappa shape index (κ1) is 17.9. The molecule has 1 aliphatic rings. The molecule has 0 aromatic heterocycles. The molecule has 2 N–H and O–H groups in total. The molecule has 1 heterocycles. The van der Waals surface area contributed by atoms with Gasteiger partial charge in [0.25, 0.3) is 5.69 Å². The first-order valence-electron chi connectivity index (χ1n) is 8.08. The van der Waals surface area contributed by atoms with E-state index in [0.29, 0.717) is 12.0 Å². The monoisotopic (exact) mass is 334 g/mol. The Morgan fingerprint density at radius 1 is 1.38 bits per heavy atom. The Morgan fingerprint density at radius 3 is 2.79 bits per heavy atom. The lowest BCUT2D eigenvalue weighted by atomic mass is 10.1. The summed E-state index contributed by atoms with van der Waals surface area (Å²) in [5, 5.41) is 23.6. The van der Waals surface area contributed by atoms with Crippen molar-refractivity contribution >= 4 is 23.5 Å². The van der Waals surface area contributed by atoms with Crippen LogP contribution in [0.2, 0.25) is 0 Å². The number of rotatable bonds is 7. The zero-order chi connectivity index (χ0) is 17.4. The lowest BCUT2D eigenvalue weighted by Crippen LogP contribution is -2.30. The Morgan fingerprint density at radius 2 is 2.12 bits per heavy atom. The maximum Gasteiger partial charge on any atom is 0.270 e. The highest BCUT2D eigenvalue weighted by Crippen LogP contribution is 2.26. The second-order valence-corrected chi connectivity index (χ2v) is 5.67. The topological polar surface area (TPSA) is 108 Å². The van der Waals surface area contributed by atoms with Crippen molar-refractivity contribution in [1.82, 2.24) is 5.43 Å². The Hall–Kier alpha value is -2.48. The van der Waals surface area contributed by atoms with Crippen molar-refractivity contribution in [2.24, 2.45) is 5.10 Å². The van der Waals surface area contributed by atoms with Crippen LogP contribution in [0.5, 0.6) is 0 Å². The maximum absolute atomic E-state index is 11.5. The summed E-state index contributed by atoms with van der Waals surface area (Å²) in [5.41, 5.74) is 3.85. The molecular weight excluding hydrogens is 312 g/mol. The summed E-state index contributed by atoms with van der Waals surface area (Å²) < 4.78 is 0. The van der Waals surface area contributed by atoms with E-state index in [9.17, 15) is 14.9 Å². The fraction of sp³-hybridized carbons (Fsp3) is 0.500. The molecule has 0 unspecified atom stereocenters. The summed E-state index contributed by atoms with van der Waals surface area (Å²) in [5.74, 6) is -0.301. The Labute approximate surface area is 140 Å². The molecule has 8 heteroatoms. The van der Waals surface area contributed by atoms with E-state index in [1.165, 1.54) is 24.8 Å². The van der Waals surface area contributed by atoms with Crippen molar-refractivity contribution in [2.75, 3.05) is 24.6 Å². The minimum absolute atomic E-state index is 0.0104. The molecule has 1 aromatic rings. The van der Waals surface area contributed by atoms with Crippen molar-refractivity contribution in [2.45, 2.75) is 32.1 Å². The van der Waals surface area contributed by atoms with Crippen LogP contribution in [0, 0.1) is 10.1 Å². The smallest absolute Gasteiger partial charge is 0.270 e. The molecule has 1 fully saturated rings. The molecule has 1 saturated heterocycles. The lowest BCUT2D eigenvalue weighted by Gasteiger charge is -2.29. The highest BCUT2D eigenvalue weighted by Gasteiger charge is 2.17. The molecule has 0 aliphatic carbocycles. The van der Waals surface area contributed by atoms with Crippen LogP contribution in [-0.2, 0) is 4.79 Å². The molecule has 0 spiro atoms. The number of hydrogen-bond acceptors (Lipinski definition) is 6. The molecule has 1 aromatic carbocycles. The Balaban J connectivity index is 2.16. The highest BCUT2D eigenvalue weighted by molar-refractivity contribution is 5.90. The van der Waals surface area contributed by atoms with Crippen molar-refractivity contribution < 1.29 is 14.8 Å². The van der Waals surface area contributed by atoms with Crippen LogP contribution in [-0.4, -0.2) is 41.8 Å². The minimum Gasteiger partial charge on any atom is -0.396 e. The van der Waals surface area contributed by atoms with E-state index in [2.05, 4.69) is 15.4 Å². The number of anilines is 1. The SMILES string of the molecule is O=C(CCCO)N/N=C\c1cc([N+](=O)[O-])ccc1N1CCCCC1. The fourth-order valence-corrected chi connectivity index (χ4v) is 2.65. The average Bonchev–Trinajstić information content (AvgIpc) is 2.60. The van der Waals surface area contributed by atoms with Crippen LogP contribution in [0.3, 0.4) is 0 Å². The minimum atomic E-state index is -0.447. The average molecular weight is 334 g/mol. The molecule has 2 rings (SSSR count). The third-order valence-electron chi connectivity index (χ3n) is 3.87. The molecule has 1 aliphatic heterocycles. The van der Waals surface area contributed by atoms with Crippen LogP contribution in [0.25, 0.3) is 0 Å². The second-order valence-electron chi connectivity index (χ2n) is 5.67. The third kappa shape index (κ3) is 5.02. The van der Waals surface area contributed by atoms with Gasteiger partial charge in [0.05, 0.1) is 11.1 Å². The van der Waals surface area contributed by atoms with Crippen molar-refractivity contribution in [1.29, 1.82) is 0 Å². The van der Waals surface area contributed by atoms with Gasteiger partial charge in [-0.25, -0.2) is 5.43 Å². The van der Waals surface area contributed by atoms with E-state index in [1.807, 2.05) is 0 Å². The predicted molar refractivity (Wildman–Crippen MR) is 91.2 cm³/mol. The number of nitro groups is 1. The van der Waals surface area contributed by atoms with Gasteiger partial charge in [0.2, 0.25) is 5.91 Å². The summed E-state index contributed by atoms with van der Waals surface area (Å²) in [6.45, 7) is 1.75. The highest BCUT2D eigenvalue weighted by atomic mass is 16.6. The van der Waals surface area contributed by atoms with E-state index in [4.69, 9.17) is 5.11 Å². The molecular formula is C16H22N4O4. The van der Waals surface area contributed by atoms with E-state index >= 15 is 0 Å². The van der Waals surface area contributed by atoms with Crippen molar-refractivity contribution in [3.63, 3.8) is 0 Å². The van der Waals surface area contributed by atoms with Gasteiger partial charge in [0, 0.05) is 49.5 Å². The summed E-state index contributed by atoms with van der Waals surface area (Å²) in [6.07, 6.45) is 5.36. The normalized spacial score (nSPS) is 14.8.